The van der Waals surface area contributed by atoms with Crippen molar-refractivity contribution in [3.8, 4) is 5.95 Å². The van der Waals surface area contributed by atoms with Crippen LogP contribution >= 0.6 is 0 Å². The monoisotopic (exact) mass is 289 g/mol. The zero-order valence-corrected chi connectivity index (χ0v) is 13.2. The minimum Gasteiger partial charge on any atom is -0.354 e. The van der Waals surface area contributed by atoms with Gasteiger partial charge in [-0.05, 0) is 12.8 Å². The van der Waals surface area contributed by atoms with E-state index in [4.69, 9.17) is 0 Å². The fourth-order valence-corrected chi connectivity index (χ4v) is 1.90. The number of aryl methyl sites for hydroxylation is 1. The van der Waals surface area contributed by atoms with Gasteiger partial charge in [-0.3, -0.25) is 4.57 Å². The third-order valence-corrected chi connectivity index (χ3v) is 2.95. The third kappa shape index (κ3) is 3.68. The van der Waals surface area contributed by atoms with Crippen molar-refractivity contribution in [3.63, 3.8) is 0 Å². The highest BCUT2D eigenvalue weighted by atomic mass is 15.3. The Hall–Kier alpha value is -2.18. The molecule has 0 aliphatic rings. The summed E-state index contributed by atoms with van der Waals surface area (Å²) in [5.74, 6) is 2.81. The van der Waals surface area contributed by atoms with Crippen molar-refractivity contribution < 1.29 is 0 Å². The van der Waals surface area contributed by atoms with Gasteiger partial charge >= 0.3 is 0 Å². The fraction of sp³-hybridized carbons (Fsp3) is 0.571. The summed E-state index contributed by atoms with van der Waals surface area (Å²) in [6, 6.07) is 0. The number of nitrogens with one attached hydrogen (secondary N) is 1. The molecule has 2 heterocycles. The van der Waals surface area contributed by atoms with Gasteiger partial charge in [0.1, 0.15) is 5.82 Å². The predicted octanol–water partition coefficient (Wildman–Crippen LogP) is 1.90. The number of anilines is 2. The molecular weight excluding hydrogens is 266 g/mol. The van der Waals surface area contributed by atoms with Crippen LogP contribution < -0.4 is 10.2 Å². The Morgan fingerprint density at radius 1 is 1.14 bits per heavy atom. The molecule has 0 spiro atoms. The summed E-state index contributed by atoms with van der Waals surface area (Å²) in [5.41, 5.74) is 0. The van der Waals surface area contributed by atoms with Crippen molar-refractivity contribution in [2.24, 2.45) is 0 Å². The lowest BCUT2D eigenvalue weighted by molar-refractivity contribution is 0.772. The fourth-order valence-electron chi connectivity index (χ4n) is 1.90. The Labute approximate surface area is 125 Å². The standard InChI is InChI=1S/C14H23N7/c1-5-7-11-15-9-10-21(11)14-18-12(16-8-6-2)17-13(19-14)20(3)4/h9-10H,5-8H2,1-4H3,(H,16,17,18,19). The number of nitrogens with zero attached hydrogens (tertiary/aromatic N) is 6. The second kappa shape index (κ2) is 7.01. The molecule has 0 unspecified atom stereocenters. The largest absolute Gasteiger partial charge is 0.354 e. The molecule has 0 radical (unpaired) electrons. The van der Waals surface area contributed by atoms with Crippen molar-refractivity contribution >= 4 is 11.9 Å². The Morgan fingerprint density at radius 3 is 2.62 bits per heavy atom. The van der Waals surface area contributed by atoms with Crippen LogP contribution in [0, 0.1) is 0 Å². The molecule has 21 heavy (non-hydrogen) atoms. The maximum absolute atomic E-state index is 4.51. The molecule has 0 saturated carbocycles. The highest BCUT2D eigenvalue weighted by Crippen LogP contribution is 2.14. The molecule has 1 N–H and O–H groups in total. The molecule has 0 aliphatic carbocycles. The predicted molar refractivity (Wildman–Crippen MR) is 84.1 cm³/mol. The second-order valence-corrected chi connectivity index (χ2v) is 5.04. The molecule has 114 valence electrons. The summed E-state index contributed by atoms with van der Waals surface area (Å²) in [4.78, 5) is 19.7. The first kappa shape index (κ1) is 15.2. The molecule has 0 bridgehead atoms. The molecular formula is C14H23N7. The van der Waals surface area contributed by atoms with Gasteiger partial charge in [-0.25, -0.2) is 4.98 Å². The summed E-state index contributed by atoms with van der Waals surface area (Å²) in [7, 11) is 3.84. The lowest BCUT2D eigenvalue weighted by atomic mass is 10.3. The molecule has 2 aromatic rings. The van der Waals surface area contributed by atoms with Crippen LogP contribution in [0.25, 0.3) is 5.95 Å². The summed E-state index contributed by atoms with van der Waals surface area (Å²) in [5, 5.41) is 3.22. The molecule has 0 fully saturated rings. The van der Waals surface area contributed by atoms with E-state index in [0.29, 0.717) is 17.8 Å². The second-order valence-electron chi connectivity index (χ2n) is 5.04. The molecule has 7 heteroatoms. The minimum atomic E-state index is 0.599. The van der Waals surface area contributed by atoms with Crippen molar-refractivity contribution in [1.29, 1.82) is 0 Å². The van der Waals surface area contributed by atoms with E-state index < -0.39 is 0 Å². The van der Waals surface area contributed by atoms with Gasteiger partial charge in [-0.1, -0.05) is 13.8 Å². The van der Waals surface area contributed by atoms with E-state index >= 15 is 0 Å². The van der Waals surface area contributed by atoms with Gasteiger partial charge in [0.05, 0.1) is 0 Å². The minimum absolute atomic E-state index is 0.599. The van der Waals surface area contributed by atoms with Gasteiger partial charge in [0.2, 0.25) is 17.8 Å². The number of imidazole rings is 1. The Balaban J connectivity index is 2.41. The summed E-state index contributed by atoms with van der Waals surface area (Å²) >= 11 is 0. The first-order valence-electron chi connectivity index (χ1n) is 7.35. The lowest BCUT2D eigenvalue weighted by Gasteiger charge is -2.14. The summed E-state index contributed by atoms with van der Waals surface area (Å²) in [6.45, 7) is 5.07. The van der Waals surface area contributed by atoms with Crippen LogP contribution in [0.5, 0.6) is 0 Å². The Bertz CT molecular complexity index is 576. The number of hydrogen-bond donors (Lipinski definition) is 1. The molecule has 7 nitrogen and oxygen atoms in total. The van der Waals surface area contributed by atoms with Crippen molar-refractivity contribution in [2.45, 2.75) is 33.1 Å². The van der Waals surface area contributed by atoms with E-state index in [2.05, 4.69) is 39.1 Å². The Kier molecular flexibility index (Phi) is 5.08. The number of rotatable bonds is 7. The highest BCUT2D eigenvalue weighted by molar-refractivity contribution is 5.39. The average Bonchev–Trinajstić information content (AvgIpc) is 2.93. The van der Waals surface area contributed by atoms with Crippen LogP contribution in [0.1, 0.15) is 32.5 Å². The van der Waals surface area contributed by atoms with Gasteiger partial charge in [-0.2, -0.15) is 15.0 Å². The maximum atomic E-state index is 4.51. The van der Waals surface area contributed by atoms with Crippen LogP contribution in [0.2, 0.25) is 0 Å². The van der Waals surface area contributed by atoms with Gasteiger partial charge in [0.25, 0.3) is 0 Å². The van der Waals surface area contributed by atoms with Gasteiger partial charge in [-0.15, -0.1) is 0 Å². The lowest BCUT2D eigenvalue weighted by Crippen LogP contribution is -2.18. The van der Waals surface area contributed by atoms with Gasteiger partial charge < -0.3 is 10.2 Å². The molecule has 0 aliphatic heterocycles. The van der Waals surface area contributed by atoms with E-state index in [-0.39, 0.29) is 0 Å². The van der Waals surface area contributed by atoms with Crippen LogP contribution in [0.15, 0.2) is 12.4 Å². The van der Waals surface area contributed by atoms with E-state index in [1.807, 2.05) is 29.8 Å². The number of aromatic nitrogens is 5. The third-order valence-electron chi connectivity index (χ3n) is 2.95. The molecule has 2 rings (SSSR count). The smallest absolute Gasteiger partial charge is 0.241 e. The van der Waals surface area contributed by atoms with Crippen LogP contribution in [-0.2, 0) is 6.42 Å². The maximum Gasteiger partial charge on any atom is 0.241 e. The summed E-state index contributed by atoms with van der Waals surface area (Å²) < 4.78 is 1.93. The van der Waals surface area contributed by atoms with Gasteiger partial charge in [0.15, 0.2) is 0 Å². The van der Waals surface area contributed by atoms with E-state index in [9.17, 15) is 0 Å². The molecule has 0 amide bonds. The van der Waals surface area contributed by atoms with E-state index in [1.165, 1.54) is 0 Å². The molecule has 0 aromatic carbocycles. The first-order valence-corrected chi connectivity index (χ1v) is 7.35. The molecule has 0 atom stereocenters. The highest BCUT2D eigenvalue weighted by Gasteiger charge is 2.12. The van der Waals surface area contributed by atoms with Crippen LogP contribution in [0.3, 0.4) is 0 Å². The number of hydrogen-bond acceptors (Lipinski definition) is 6. The van der Waals surface area contributed by atoms with Crippen LogP contribution in [-0.4, -0.2) is 45.1 Å². The van der Waals surface area contributed by atoms with Crippen molar-refractivity contribution in [3.05, 3.63) is 18.2 Å². The topological polar surface area (TPSA) is 71.8 Å². The summed E-state index contributed by atoms with van der Waals surface area (Å²) in [6.07, 6.45) is 6.62. The SMILES string of the molecule is CCCNc1nc(N(C)C)nc(-n2ccnc2CCC)n1. The normalized spacial score (nSPS) is 10.7. The van der Waals surface area contributed by atoms with Crippen molar-refractivity contribution in [2.75, 3.05) is 30.9 Å². The van der Waals surface area contributed by atoms with E-state index in [0.717, 1.165) is 31.6 Å². The Morgan fingerprint density at radius 2 is 1.95 bits per heavy atom. The zero-order valence-electron chi connectivity index (χ0n) is 13.2. The first-order chi connectivity index (χ1) is 10.2. The zero-order chi connectivity index (χ0) is 15.2. The average molecular weight is 289 g/mol. The van der Waals surface area contributed by atoms with Crippen molar-refractivity contribution in [1.82, 2.24) is 24.5 Å². The van der Waals surface area contributed by atoms with Gasteiger partial charge in [0, 0.05) is 39.5 Å². The quantitative estimate of drug-likeness (QED) is 0.839. The van der Waals surface area contributed by atoms with Crippen LogP contribution in [0.4, 0.5) is 11.9 Å². The molecule has 2 aromatic heterocycles. The molecule has 0 saturated heterocycles. The van der Waals surface area contributed by atoms with E-state index in [1.54, 1.807) is 6.20 Å².